The number of hydrogen-bond acceptors (Lipinski definition) is 8. The molecule has 1 aromatic heterocycles. The fourth-order valence-electron chi connectivity index (χ4n) is 1.81. The minimum atomic E-state index is -0.854. The van der Waals surface area contributed by atoms with Gasteiger partial charge in [-0.05, 0) is 40.5 Å². The first-order chi connectivity index (χ1) is 12.3. The molecule has 0 saturated carbocycles. The zero-order valence-electron chi connectivity index (χ0n) is 13.7. The number of methoxy groups -OCH3 is 1. The van der Waals surface area contributed by atoms with Crippen molar-refractivity contribution in [3.63, 3.8) is 0 Å². The number of hydrazone groups is 1. The number of aromatic amines is 2. The molecule has 2 aromatic rings. The Morgan fingerprint density at radius 2 is 2.19 bits per heavy atom. The molecule has 0 aliphatic rings. The number of nitrogens with one attached hydrogen (secondary N) is 4. The van der Waals surface area contributed by atoms with Gasteiger partial charge in [0.25, 0.3) is 11.5 Å². The van der Waals surface area contributed by atoms with Gasteiger partial charge in [0.05, 0.1) is 17.8 Å². The molecule has 26 heavy (non-hydrogen) atoms. The molecular formula is C14H15BrN6O5. The van der Waals surface area contributed by atoms with Crippen LogP contribution in [0.25, 0.3) is 0 Å². The summed E-state index contributed by atoms with van der Waals surface area (Å²) in [6, 6.07) is 2.26. The van der Waals surface area contributed by atoms with Crippen LogP contribution in [-0.2, 0) is 4.79 Å². The second-order valence-corrected chi connectivity index (χ2v) is 5.86. The number of amides is 1. The quantitative estimate of drug-likeness (QED) is 0.317. The summed E-state index contributed by atoms with van der Waals surface area (Å²) in [5.41, 5.74) is 1.35. The number of ether oxygens (including phenoxy) is 1. The number of hydrogen-bond donors (Lipinski definition) is 5. The van der Waals surface area contributed by atoms with E-state index in [4.69, 9.17) is 4.74 Å². The van der Waals surface area contributed by atoms with E-state index in [0.717, 1.165) is 0 Å². The van der Waals surface area contributed by atoms with E-state index in [0.29, 0.717) is 10.0 Å². The average molecular weight is 427 g/mol. The van der Waals surface area contributed by atoms with Crippen LogP contribution in [0.5, 0.6) is 11.5 Å². The lowest BCUT2D eigenvalue weighted by Crippen LogP contribution is -2.38. The zero-order chi connectivity index (χ0) is 19.3. The van der Waals surface area contributed by atoms with Crippen molar-refractivity contribution in [1.29, 1.82) is 0 Å². The van der Waals surface area contributed by atoms with Crippen molar-refractivity contribution in [2.24, 2.45) is 5.10 Å². The number of anilines is 1. The van der Waals surface area contributed by atoms with Gasteiger partial charge in [0.2, 0.25) is 5.82 Å². The Kier molecular flexibility index (Phi) is 6.11. The van der Waals surface area contributed by atoms with Crippen LogP contribution in [-0.4, -0.2) is 45.6 Å². The van der Waals surface area contributed by atoms with E-state index in [-0.39, 0.29) is 17.3 Å². The van der Waals surface area contributed by atoms with Gasteiger partial charge in [-0.25, -0.2) is 15.3 Å². The predicted octanol–water partition coefficient (Wildman–Crippen LogP) is -0.114. The van der Waals surface area contributed by atoms with E-state index < -0.39 is 23.2 Å². The highest BCUT2D eigenvalue weighted by Crippen LogP contribution is 2.34. The zero-order valence-corrected chi connectivity index (χ0v) is 15.2. The van der Waals surface area contributed by atoms with E-state index in [2.05, 4.69) is 36.9 Å². The monoisotopic (exact) mass is 426 g/mol. The normalized spacial score (nSPS) is 12.0. The molecular weight excluding hydrogens is 412 g/mol. The predicted molar refractivity (Wildman–Crippen MR) is 96.7 cm³/mol. The molecule has 5 N–H and O–H groups in total. The van der Waals surface area contributed by atoms with Crippen LogP contribution in [0, 0.1) is 0 Å². The van der Waals surface area contributed by atoms with Crippen LogP contribution in [0.4, 0.5) is 5.82 Å². The molecule has 0 spiro atoms. The van der Waals surface area contributed by atoms with Gasteiger partial charge < -0.3 is 15.2 Å². The highest BCUT2D eigenvalue weighted by Gasteiger charge is 2.14. The van der Waals surface area contributed by atoms with Gasteiger partial charge in [-0.3, -0.25) is 14.6 Å². The van der Waals surface area contributed by atoms with Crippen LogP contribution in [0.2, 0.25) is 0 Å². The highest BCUT2D eigenvalue weighted by molar-refractivity contribution is 9.10. The molecule has 1 amide bonds. The summed E-state index contributed by atoms with van der Waals surface area (Å²) >= 11 is 3.18. The van der Waals surface area contributed by atoms with E-state index in [9.17, 15) is 19.5 Å². The number of aromatic hydroxyl groups is 1. The Hall–Kier alpha value is -3.15. The van der Waals surface area contributed by atoms with Crippen molar-refractivity contribution >= 4 is 33.9 Å². The minimum Gasteiger partial charge on any atom is -0.503 e. The lowest BCUT2D eigenvalue weighted by atomic mass is 10.2. The van der Waals surface area contributed by atoms with Gasteiger partial charge in [0, 0.05) is 0 Å². The van der Waals surface area contributed by atoms with Gasteiger partial charge in [-0.15, -0.1) is 5.10 Å². The number of aromatic nitrogens is 3. The maximum atomic E-state index is 12.0. The van der Waals surface area contributed by atoms with Gasteiger partial charge in [-0.2, -0.15) is 5.10 Å². The Morgan fingerprint density at radius 1 is 1.46 bits per heavy atom. The highest BCUT2D eigenvalue weighted by atomic mass is 79.9. The number of benzene rings is 1. The third-order valence-corrected chi connectivity index (χ3v) is 3.72. The van der Waals surface area contributed by atoms with Gasteiger partial charge in [0.1, 0.15) is 6.04 Å². The van der Waals surface area contributed by atoms with E-state index in [1.165, 1.54) is 26.3 Å². The third kappa shape index (κ3) is 4.69. The molecule has 0 radical (unpaired) electrons. The second-order valence-electron chi connectivity index (χ2n) is 5.01. The van der Waals surface area contributed by atoms with Crippen molar-refractivity contribution in [2.45, 2.75) is 13.0 Å². The van der Waals surface area contributed by atoms with Crippen LogP contribution in [0.1, 0.15) is 12.5 Å². The van der Waals surface area contributed by atoms with Crippen molar-refractivity contribution in [3.05, 3.63) is 43.0 Å². The number of carbonyl (C=O) groups is 1. The van der Waals surface area contributed by atoms with Crippen molar-refractivity contribution in [2.75, 3.05) is 12.4 Å². The van der Waals surface area contributed by atoms with E-state index in [1.807, 2.05) is 10.1 Å². The topological polar surface area (TPSA) is 162 Å². The molecule has 1 atom stereocenters. The van der Waals surface area contributed by atoms with Gasteiger partial charge in [-0.1, -0.05) is 0 Å². The SMILES string of the molecule is COc1cc(/C=N/NC(=O)C(C)Nc2n[nH]c(=O)[nH]c2=O)cc(Br)c1O. The lowest BCUT2D eigenvalue weighted by molar-refractivity contribution is -0.121. The molecule has 11 nitrogen and oxygen atoms in total. The maximum absolute atomic E-state index is 12.0. The number of carbonyl (C=O) groups excluding carboxylic acids is 1. The smallest absolute Gasteiger partial charge is 0.342 e. The molecule has 1 heterocycles. The number of halogens is 1. The molecule has 138 valence electrons. The number of H-pyrrole nitrogens is 2. The fraction of sp³-hybridized carbons (Fsp3) is 0.214. The van der Waals surface area contributed by atoms with Gasteiger partial charge >= 0.3 is 5.69 Å². The van der Waals surface area contributed by atoms with Gasteiger partial charge in [0.15, 0.2) is 11.5 Å². The van der Waals surface area contributed by atoms with Crippen LogP contribution >= 0.6 is 15.9 Å². The molecule has 0 bridgehead atoms. The summed E-state index contributed by atoms with van der Waals surface area (Å²) in [6.07, 6.45) is 1.35. The number of nitrogens with zero attached hydrogens (tertiary/aromatic N) is 2. The maximum Gasteiger partial charge on any atom is 0.342 e. The number of phenolic OH excluding ortho intramolecular Hbond substituents is 1. The van der Waals surface area contributed by atoms with E-state index >= 15 is 0 Å². The first-order valence-corrected chi connectivity index (χ1v) is 7.96. The Morgan fingerprint density at radius 3 is 2.85 bits per heavy atom. The largest absolute Gasteiger partial charge is 0.503 e. The standard InChI is InChI=1S/C14H15BrN6O5/c1-6(17-11-13(24)18-14(25)21-19-11)12(23)20-16-5-7-3-8(15)10(22)9(4-7)26-2/h3-6,22H,1-2H3,(H,17,19)(H,20,23)(H2,18,21,24,25)/b16-5+. The molecule has 2 rings (SSSR count). The third-order valence-electron chi connectivity index (χ3n) is 3.12. The summed E-state index contributed by atoms with van der Waals surface area (Å²) < 4.78 is 5.42. The van der Waals surface area contributed by atoms with Crippen LogP contribution in [0.15, 0.2) is 31.3 Å². The summed E-state index contributed by atoms with van der Waals surface area (Å²) in [6.45, 7) is 1.48. The van der Waals surface area contributed by atoms with Crippen molar-refractivity contribution < 1.29 is 14.6 Å². The summed E-state index contributed by atoms with van der Waals surface area (Å²) in [7, 11) is 1.41. The molecule has 0 saturated heterocycles. The minimum absolute atomic E-state index is 0.0508. The summed E-state index contributed by atoms with van der Waals surface area (Å²) in [5.74, 6) is -0.558. The van der Waals surface area contributed by atoms with E-state index in [1.54, 1.807) is 6.07 Å². The Bertz CT molecular complexity index is 954. The molecule has 1 aromatic carbocycles. The number of phenols is 1. The summed E-state index contributed by atoms with van der Waals surface area (Å²) in [5, 5.41) is 21.6. The molecule has 0 aliphatic heterocycles. The lowest BCUT2D eigenvalue weighted by Gasteiger charge is -2.11. The Balaban J connectivity index is 2.01. The Labute approximate surface area is 154 Å². The van der Waals surface area contributed by atoms with Crippen LogP contribution in [0.3, 0.4) is 0 Å². The number of rotatable bonds is 6. The summed E-state index contributed by atoms with van der Waals surface area (Å²) in [4.78, 5) is 36.4. The first-order valence-electron chi connectivity index (χ1n) is 7.16. The average Bonchev–Trinajstić information content (AvgIpc) is 2.60. The first kappa shape index (κ1) is 19.2. The molecule has 12 heteroatoms. The fourth-order valence-corrected chi connectivity index (χ4v) is 2.27. The molecule has 0 fully saturated rings. The molecule has 0 aliphatic carbocycles. The van der Waals surface area contributed by atoms with Crippen LogP contribution < -0.4 is 26.7 Å². The molecule has 1 unspecified atom stereocenters. The van der Waals surface area contributed by atoms with Crippen molar-refractivity contribution in [1.82, 2.24) is 20.6 Å². The second kappa shape index (κ2) is 8.29. The van der Waals surface area contributed by atoms with Crippen molar-refractivity contribution in [3.8, 4) is 11.5 Å².